The predicted molar refractivity (Wildman–Crippen MR) is 83.0 cm³/mol. The highest BCUT2D eigenvalue weighted by Gasteiger charge is 2.05. The Kier molecular flexibility index (Phi) is 7.56. The normalized spacial score (nSPS) is 10.4. The number of hydrogen-bond acceptors (Lipinski definition) is 2. The van der Waals surface area contributed by atoms with Crippen LogP contribution < -0.4 is 5.32 Å². The fourth-order valence-corrected chi connectivity index (χ4v) is 2.45. The molecule has 0 radical (unpaired) electrons. The molecule has 0 saturated carbocycles. The zero-order valence-electron chi connectivity index (χ0n) is 11.4. The van der Waals surface area contributed by atoms with E-state index in [9.17, 15) is 4.79 Å². The lowest BCUT2D eigenvalue weighted by molar-refractivity contribution is 0.0697. The minimum absolute atomic E-state index is 0.305. The van der Waals surface area contributed by atoms with Crippen LogP contribution in [0.15, 0.2) is 22.7 Å². The summed E-state index contributed by atoms with van der Waals surface area (Å²) < 4.78 is 0.790. The number of unbranched alkanes of at least 4 members (excludes halogenated alkanes) is 5. The van der Waals surface area contributed by atoms with Crippen molar-refractivity contribution in [3.8, 4) is 0 Å². The molecule has 106 valence electrons. The molecule has 19 heavy (non-hydrogen) atoms. The molecule has 0 aliphatic carbocycles. The van der Waals surface area contributed by atoms with E-state index in [1.54, 1.807) is 12.1 Å². The van der Waals surface area contributed by atoms with E-state index in [2.05, 4.69) is 28.2 Å². The van der Waals surface area contributed by atoms with Crippen LogP contribution in [0.1, 0.15) is 55.8 Å². The maximum Gasteiger partial charge on any atom is 0.335 e. The van der Waals surface area contributed by atoms with Crippen LogP contribution in [0.4, 0.5) is 5.69 Å². The molecule has 0 unspecified atom stereocenters. The molecule has 2 N–H and O–H groups in total. The van der Waals surface area contributed by atoms with Gasteiger partial charge in [0.05, 0.1) is 5.56 Å². The van der Waals surface area contributed by atoms with Gasteiger partial charge in [-0.3, -0.25) is 0 Å². The first-order valence-electron chi connectivity index (χ1n) is 6.91. The first kappa shape index (κ1) is 16.0. The first-order chi connectivity index (χ1) is 9.13. The van der Waals surface area contributed by atoms with Crippen molar-refractivity contribution in [2.75, 3.05) is 11.9 Å². The van der Waals surface area contributed by atoms with E-state index in [-0.39, 0.29) is 0 Å². The minimum atomic E-state index is -0.899. The van der Waals surface area contributed by atoms with Crippen molar-refractivity contribution in [3.05, 3.63) is 28.2 Å². The van der Waals surface area contributed by atoms with E-state index in [0.29, 0.717) is 5.56 Å². The Balaban J connectivity index is 2.31. The molecule has 3 nitrogen and oxygen atoms in total. The van der Waals surface area contributed by atoms with E-state index >= 15 is 0 Å². The summed E-state index contributed by atoms with van der Waals surface area (Å²) in [7, 11) is 0. The van der Waals surface area contributed by atoms with Gasteiger partial charge in [-0.05, 0) is 24.6 Å². The van der Waals surface area contributed by atoms with Crippen LogP contribution in [0.2, 0.25) is 0 Å². The molecule has 0 aliphatic heterocycles. The number of aromatic carboxylic acids is 1. The fraction of sp³-hybridized carbons (Fsp3) is 0.533. The maximum atomic E-state index is 10.9. The number of carboxylic acids is 1. The molecule has 0 aliphatic rings. The van der Waals surface area contributed by atoms with Crippen LogP contribution in [0.25, 0.3) is 0 Å². The molecule has 1 aromatic rings. The first-order valence-corrected chi connectivity index (χ1v) is 7.70. The van der Waals surface area contributed by atoms with Crippen LogP contribution >= 0.6 is 15.9 Å². The number of carboxylic acid groups (broad SMARTS) is 1. The maximum absolute atomic E-state index is 10.9. The summed E-state index contributed by atoms with van der Waals surface area (Å²) in [5, 5.41) is 12.3. The number of carbonyl (C=O) groups is 1. The van der Waals surface area contributed by atoms with Gasteiger partial charge in [-0.25, -0.2) is 4.79 Å². The average molecular weight is 328 g/mol. The summed E-state index contributed by atoms with van der Waals surface area (Å²) in [5.74, 6) is -0.899. The van der Waals surface area contributed by atoms with Crippen molar-refractivity contribution in [1.29, 1.82) is 0 Å². The second-order valence-electron chi connectivity index (χ2n) is 4.73. The molecular weight excluding hydrogens is 306 g/mol. The molecule has 0 fully saturated rings. The molecule has 0 heterocycles. The largest absolute Gasteiger partial charge is 0.478 e. The summed E-state index contributed by atoms with van der Waals surface area (Å²) in [6.45, 7) is 3.11. The Morgan fingerprint density at radius 1 is 1.16 bits per heavy atom. The van der Waals surface area contributed by atoms with Crippen molar-refractivity contribution in [3.63, 3.8) is 0 Å². The quantitative estimate of drug-likeness (QED) is 0.633. The Labute approximate surface area is 123 Å². The van der Waals surface area contributed by atoms with Crippen molar-refractivity contribution in [1.82, 2.24) is 0 Å². The summed E-state index contributed by atoms with van der Waals surface area (Å²) >= 11 is 3.33. The molecular formula is C15H22BrNO2. The third-order valence-electron chi connectivity index (χ3n) is 3.00. The second kappa shape index (κ2) is 8.97. The summed E-state index contributed by atoms with van der Waals surface area (Å²) in [6.07, 6.45) is 7.55. The Morgan fingerprint density at radius 3 is 2.53 bits per heavy atom. The molecule has 0 amide bonds. The number of rotatable bonds is 9. The smallest absolute Gasteiger partial charge is 0.335 e. The lowest BCUT2D eigenvalue weighted by atomic mass is 10.1. The van der Waals surface area contributed by atoms with Gasteiger partial charge in [0.1, 0.15) is 0 Å². The highest BCUT2D eigenvalue weighted by molar-refractivity contribution is 9.10. The summed E-state index contributed by atoms with van der Waals surface area (Å²) in [6, 6.07) is 5.19. The average Bonchev–Trinajstić information content (AvgIpc) is 2.37. The van der Waals surface area contributed by atoms with Gasteiger partial charge in [0, 0.05) is 16.7 Å². The Morgan fingerprint density at radius 2 is 1.84 bits per heavy atom. The summed E-state index contributed by atoms with van der Waals surface area (Å²) in [5.41, 5.74) is 1.17. The second-order valence-corrected chi connectivity index (χ2v) is 5.64. The number of anilines is 1. The van der Waals surface area contributed by atoms with Gasteiger partial charge in [-0.1, -0.05) is 55.0 Å². The summed E-state index contributed by atoms with van der Waals surface area (Å²) in [4.78, 5) is 10.9. The van der Waals surface area contributed by atoms with Gasteiger partial charge in [0.25, 0.3) is 0 Å². The van der Waals surface area contributed by atoms with Gasteiger partial charge in [0.2, 0.25) is 0 Å². The van der Waals surface area contributed by atoms with Gasteiger partial charge in [-0.15, -0.1) is 0 Å². The van der Waals surface area contributed by atoms with Gasteiger partial charge in [0.15, 0.2) is 0 Å². The van der Waals surface area contributed by atoms with E-state index in [4.69, 9.17) is 5.11 Å². The molecule has 0 bridgehead atoms. The number of benzene rings is 1. The van der Waals surface area contributed by atoms with E-state index in [1.165, 1.54) is 32.1 Å². The van der Waals surface area contributed by atoms with Crippen molar-refractivity contribution in [2.24, 2.45) is 0 Å². The molecule has 0 atom stereocenters. The third kappa shape index (κ3) is 6.62. The number of nitrogens with one attached hydrogen (secondary N) is 1. The van der Waals surface area contributed by atoms with Crippen LogP contribution in [0.5, 0.6) is 0 Å². The third-order valence-corrected chi connectivity index (χ3v) is 3.46. The highest BCUT2D eigenvalue weighted by Crippen LogP contribution is 2.20. The Bertz CT molecular complexity index is 407. The molecule has 1 rings (SSSR count). The van der Waals surface area contributed by atoms with Crippen molar-refractivity contribution in [2.45, 2.75) is 45.4 Å². The van der Waals surface area contributed by atoms with Crippen LogP contribution in [0, 0.1) is 0 Å². The number of hydrogen-bond donors (Lipinski definition) is 2. The molecule has 0 saturated heterocycles. The van der Waals surface area contributed by atoms with Crippen molar-refractivity contribution >= 4 is 27.6 Å². The minimum Gasteiger partial charge on any atom is -0.478 e. The molecule has 0 spiro atoms. The van der Waals surface area contributed by atoms with Gasteiger partial charge < -0.3 is 10.4 Å². The predicted octanol–water partition coefficient (Wildman–Crippen LogP) is 4.92. The van der Waals surface area contributed by atoms with E-state index in [0.717, 1.165) is 23.1 Å². The standard InChI is InChI=1S/C15H22BrNO2/c1-2-3-4-5-6-7-8-17-14-10-12(15(18)19)9-13(16)11-14/h9-11,17H,2-8H2,1H3,(H,18,19). The lowest BCUT2D eigenvalue weighted by Gasteiger charge is -2.08. The van der Waals surface area contributed by atoms with E-state index in [1.807, 2.05) is 6.07 Å². The van der Waals surface area contributed by atoms with Crippen LogP contribution in [-0.2, 0) is 0 Å². The van der Waals surface area contributed by atoms with Crippen LogP contribution in [0.3, 0.4) is 0 Å². The highest BCUT2D eigenvalue weighted by atomic mass is 79.9. The zero-order chi connectivity index (χ0) is 14.1. The van der Waals surface area contributed by atoms with Crippen LogP contribution in [-0.4, -0.2) is 17.6 Å². The monoisotopic (exact) mass is 327 g/mol. The van der Waals surface area contributed by atoms with Gasteiger partial charge >= 0.3 is 5.97 Å². The Hall–Kier alpha value is -1.03. The SMILES string of the molecule is CCCCCCCCNc1cc(Br)cc(C(=O)O)c1. The molecule has 0 aromatic heterocycles. The number of halogens is 1. The fourth-order valence-electron chi connectivity index (χ4n) is 1.95. The van der Waals surface area contributed by atoms with E-state index < -0.39 is 5.97 Å². The topological polar surface area (TPSA) is 49.3 Å². The lowest BCUT2D eigenvalue weighted by Crippen LogP contribution is -2.03. The van der Waals surface area contributed by atoms with Crippen molar-refractivity contribution < 1.29 is 9.90 Å². The van der Waals surface area contributed by atoms with Gasteiger partial charge in [-0.2, -0.15) is 0 Å². The molecule has 1 aromatic carbocycles. The zero-order valence-corrected chi connectivity index (χ0v) is 13.0. The molecule has 4 heteroatoms.